The zero-order valence-corrected chi connectivity index (χ0v) is 15.2. The first-order valence-corrected chi connectivity index (χ1v) is 9.20. The first kappa shape index (κ1) is 17.5. The predicted molar refractivity (Wildman–Crippen MR) is 101 cm³/mol. The van der Waals surface area contributed by atoms with E-state index in [9.17, 15) is 4.79 Å². The number of amides is 1. The Morgan fingerprint density at radius 3 is 2.20 bits per heavy atom. The molecule has 2 aromatic carbocycles. The summed E-state index contributed by atoms with van der Waals surface area (Å²) in [5.74, 6) is 0.843. The fourth-order valence-electron chi connectivity index (χ4n) is 3.67. The Morgan fingerprint density at radius 1 is 0.960 bits per heavy atom. The van der Waals surface area contributed by atoms with Crippen LogP contribution >= 0.6 is 0 Å². The maximum absolute atomic E-state index is 12.5. The van der Waals surface area contributed by atoms with E-state index >= 15 is 0 Å². The van der Waals surface area contributed by atoms with Crippen LogP contribution in [0.4, 0.5) is 0 Å². The lowest BCUT2D eigenvalue weighted by Crippen LogP contribution is -2.49. The molecule has 3 rings (SSSR count). The number of likely N-dealkylation sites (tertiary alicyclic amines) is 1. The highest BCUT2D eigenvalue weighted by molar-refractivity contribution is 5.78. The van der Waals surface area contributed by atoms with Crippen molar-refractivity contribution in [3.05, 3.63) is 65.7 Å². The van der Waals surface area contributed by atoms with Gasteiger partial charge < -0.3 is 9.64 Å². The molecule has 1 aliphatic heterocycles. The van der Waals surface area contributed by atoms with E-state index in [-0.39, 0.29) is 12.5 Å². The molecule has 1 heterocycles. The molecule has 132 valence electrons. The van der Waals surface area contributed by atoms with E-state index in [0.717, 1.165) is 25.0 Å². The highest BCUT2D eigenvalue weighted by Crippen LogP contribution is 2.23. The molecule has 1 fully saturated rings. The number of benzene rings is 2. The maximum atomic E-state index is 12.5. The molecule has 1 saturated heterocycles. The molecule has 0 aliphatic carbocycles. The Hall–Kier alpha value is -2.29. The minimum absolute atomic E-state index is 0.0908. The standard InChI is InChI=1S/C22H27NO2/c1-17-7-6-8-18(2)23(17)22(24)16-25-21-13-11-20(12-14-21)15-19-9-4-3-5-10-19/h3-5,9-14,17-18H,6-8,15-16H2,1-2H3. The summed E-state index contributed by atoms with van der Waals surface area (Å²) in [6, 6.07) is 19.1. The quantitative estimate of drug-likeness (QED) is 0.807. The van der Waals surface area contributed by atoms with Crippen molar-refractivity contribution >= 4 is 5.91 Å². The van der Waals surface area contributed by atoms with Gasteiger partial charge in [-0.3, -0.25) is 4.79 Å². The number of piperidine rings is 1. The highest BCUT2D eigenvalue weighted by atomic mass is 16.5. The van der Waals surface area contributed by atoms with E-state index < -0.39 is 0 Å². The van der Waals surface area contributed by atoms with E-state index in [2.05, 4.69) is 50.2 Å². The second-order valence-corrected chi connectivity index (χ2v) is 7.02. The van der Waals surface area contributed by atoms with Crippen LogP contribution in [0.2, 0.25) is 0 Å². The number of carbonyl (C=O) groups excluding carboxylic acids is 1. The molecule has 2 unspecified atom stereocenters. The molecule has 3 nitrogen and oxygen atoms in total. The smallest absolute Gasteiger partial charge is 0.260 e. The molecule has 1 aliphatic rings. The van der Waals surface area contributed by atoms with E-state index in [1.54, 1.807) is 0 Å². The van der Waals surface area contributed by atoms with Gasteiger partial charge in [-0.05, 0) is 62.8 Å². The van der Waals surface area contributed by atoms with Crippen molar-refractivity contribution in [1.29, 1.82) is 0 Å². The van der Waals surface area contributed by atoms with E-state index in [1.807, 2.05) is 23.1 Å². The SMILES string of the molecule is CC1CCCC(C)N1C(=O)COc1ccc(Cc2ccccc2)cc1. The van der Waals surface area contributed by atoms with Crippen LogP contribution in [0.25, 0.3) is 0 Å². The maximum Gasteiger partial charge on any atom is 0.260 e. The molecular formula is C22H27NO2. The van der Waals surface area contributed by atoms with Crippen LogP contribution in [0.3, 0.4) is 0 Å². The topological polar surface area (TPSA) is 29.5 Å². The normalized spacial score (nSPS) is 20.3. The molecule has 1 amide bonds. The third-order valence-electron chi connectivity index (χ3n) is 5.02. The third kappa shape index (κ3) is 4.62. The Morgan fingerprint density at radius 2 is 1.56 bits per heavy atom. The molecule has 0 saturated carbocycles. The predicted octanol–water partition coefficient (Wildman–Crippen LogP) is 4.45. The summed E-state index contributed by atoms with van der Waals surface area (Å²) in [7, 11) is 0. The summed E-state index contributed by atoms with van der Waals surface area (Å²) in [6.07, 6.45) is 4.28. The van der Waals surface area contributed by atoms with E-state index in [4.69, 9.17) is 4.74 Å². The van der Waals surface area contributed by atoms with Crippen LogP contribution in [-0.4, -0.2) is 29.5 Å². The minimum atomic E-state index is 0.0908. The molecule has 0 spiro atoms. The largest absolute Gasteiger partial charge is 0.484 e. The van der Waals surface area contributed by atoms with Gasteiger partial charge >= 0.3 is 0 Å². The van der Waals surface area contributed by atoms with Gasteiger partial charge in [0.1, 0.15) is 5.75 Å². The molecule has 3 heteroatoms. The van der Waals surface area contributed by atoms with Gasteiger partial charge in [0.15, 0.2) is 6.61 Å². The fraction of sp³-hybridized carbons (Fsp3) is 0.409. The molecule has 2 aromatic rings. The number of ether oxygens (including phenoxy) is 1. The van der Waals surface area contributed by atoms with Gasteiger partial charge in [-0.15, -0.1) is 0 Å². The third-order valence-corrected chi connectivity index (χ3v) is 5.02. The van der Waals surface area contributed by atoms with E-state index in [0.29, 0.717) is 12.1 Å². The Labute approximate surface area is 150 Å². The van der Waals surface area contributed by atoms with Gasteiger partial charge in [-0.2, -0.15) is 0 Å². The number of hydrogen-bond acceptors (Lipinski definition) is 2. The summed E-state index contributed by atoms with van der Waals surface area (Å²) >= 11 is 0. The number of rotatable bonds is 5. The monoisotopic (exact) mass is 337 g/mol. The second kappa shape index (κ2) is 8.19. The van der Waals surface area contributed by atoms with Crippen LogP contribution in [0.5, 0.6) is 5.75 Å². The van der Waals surface area contributed by atoms with Crippen LogP contribution in [-0.2, 0) is 11.2 Å². The minimum Gasteiger partial charge on any atom is -0.484 e. The molecular weight excluding hydrogens is 310 g/mol. The summed E-state index contributed by atoms with van der Waals surface area (Å²) in [5, 5.41) is 0. The van der Waals surface area contributed by atoms with Crippen LogP contribution in [0.15, 0.2) is 54.6 Å². The summed E-state index contributed by atoms with van der Waals surface area (Å²) in [5.41, 5.74) is 2.53. The lowest BCUT2D eigenvalue weighted by Gasteiger charge is -2.38. The van der Waals surface area contributed by atoms with Crippen LogP contribution < -0.4 is 4.74 Å². The first-order chi connectivity index (χ1) is 12.1. The molecule has 25 heavy (non-hydrogen) atoms. The van der Waals surface area contributed by atoms with Crippen LogP contribution in [0.1, 0.15) is 44.2 Å². The summed E-state index contributed by atoms with van der Waals surface area (Å²) in [4.78, 5) is 14.5. The zero-order chi connectivity index (χ0) is 17.6. The fourth-order valence-corrected chi connectivity index (χ4v) is 3.67. The summed E-state index contributed by atoms with van der Waals surface area (Å²) in [6.45, 7) is 4.38. The van der Waals surface area contributed by atoms with Crippen molar-refractivity contribution in [2.75, 3.05) is 6.61 Å². The zero-order valence-electron chi connectivity index (χ0n) is 15.2. The van der Waals surface area contributed by atoms with Gasteiger partial charge in [-0.25, -0.2) is 0 Å². The Kier molecular flexibility index (Phi) is 5.75. The second-order valence-electron chi connectivity index (χ2n) is 7.02. The first-order valence-electron chi connectivity index (χ1n) is 9.20. The molecule has 0 aromatic heterocycles. The van der Waals surface area contributed by atoms with Gasteiger partial charge in [-0.1, -0.05) is 42.5 Å². The van der Waals surface area contributed by atoms with Crippen molar-refractivity contribution < 1.29 is 9.53 Å². The highest BCUT2D eigenvalue weighted by Gasteiger charge is 2.28. The molecule has 0 bridgehead atoms. The molecule has 0 N–H and O–H groups in total. The van der Waals surface area contributed by atoms with Crippen molar-refractivity contribution in [1.82, 2.24) is 4.90 Å². The van der Waals surface area contributed by atoms with Gasteiger partial charge in [0.2, 0.25) is 0 Å². The molecule has 2 atom stereocenters. The van der Waals surface area contributed by atoms with Crippen molar-refractivity contribution in [3.63, 3.8) is 0 Å². The average Bonchev–Trinajstić information content (AvgIpc) is 2.62. The van der Waals surface area contributed by atoms with Crippen molar-refractivity contribution in [2.45, 2.75) is 51.6 Å². The van der Waals surface area contributed by atoms with Crippen LogP contribution in [0, 0.1) is 0 Å². The van der Waals surface area contributed by atoms with Gasteiger partial charge in [0, 0.05) is 12.1 Å². The number of nitrogens with zero attached hydrogens (tertiary/aromatic N) is 1. The number of hydrogen-bond donors (Lipinski definition) is 0. The van der Waals surface area contributed by atoms with Gasteiger partial charge in [0.05, 0.1) is 0 Å². The lowest BCUT2D eigenvalue weighted by atomic mass is 9.97. The van der Waals surface area contributed by atoms with E-state index in [1.165, 1.54) is 17.5 Å². The number of carbonyl (C=O) groups is 1. The average molecular weight is 337 g/mol. The van der Waals surface area contributed by atoms with Crippen molar-refractivity contribution in [3.8, 4) is 5.75 Å². The van der Waals surface area contributed by atoms with Gasteiger partial charge in [0.25, 0.3) is 5.91 Å². The molecule has 0 radical (unpaired) electrons. The van der Waals surface area contributed by atoms with Crippen molar-refractivity contribution in [2.24, 2.45) is 0 Å². The lowest BCUT2D eigenvalue weighted by molar-refractivity contribution is -0.139. The Bertz CT molecular complexity index is 671. The summed E-state index contributed by atoms with van der Waals surface area (Å²) < 4.78 is 5.73. The Balaban J connectivity index is 1.54.